The molecule has 11 heavy (non-hydrogen) atoms. The number of nitrogens with two attached hydrogens (primary N) is 2. The fourth-order valence-electron chi connectivity index (χ4n) is 0.985. The highest BCUT2D eigenvalue weighted by Gasteiger charge is 2.03. The molecule has 0 aliphatic carbocycles. The van der Waals surface area contributed by atoms with Gasteiger partial charge in [0.05, 0.1) is 0 Å². The SMILES string of the molecule is Nc1n[nH]c2c(N)nccc12. The molecule has 0 saturated heterocycles. The molecule has 0 fully saturated rings. The second-order valence-corrected chi connectivity index (χ2v) is 2.23. The van der Waals surface area contributed by atoms with Crippen LogP contribution in [0.3, 0.4) is 0 Å². The average molecular weight is 149 g/mol. The third-order valence-corrected chi connectivity index (χ3v) is 1.54. The van der Waals surface area contributed by atoms with Gasteiger partial charge in [-0.05, 0) is 6.07 Å². The Kier molecular flexibility index (Phi) is 1.00. The van der Waals surface area contributed by atoms with Gasteiger partial charge in [-0.2, -0.15) is 5.10 Å². The minimum atomic E-state index is 0.423. The number of rotatable bonds is 0. The molecule has 0 atom stereocenters. The zero-order valence-electron chi connectivity index (χ0n) is 5.70. The first-order chi connectivity index (χ1) is 5.29. The van der Waals surface area contributed by atoms with Crippen LogP contribution in [0.25, 0.3) is 10.9 Å². The number of H-pyrrole nitrogens is 1. The molecule has 5 N–H and O–H groups in total. The Bertz CT molecular complexity index is 391. The first kappa shape index (κ1) is 5.96. The third-order valence-electron chi connectivity index (χ3n) is 1.54. The molecule has 5 nitrogen and oxygen atoms in total. The molecule has 0 amide bonds. The van der Waals surface area contributed by atoms with E-state index in [1.54, 1.807) is 12.3 Å². The molecule has 56 valence electrons. The van der Waals surface area contributed by atoms with Crippen LogP contribution < -0.4 is 11.5 Å². The summed E-state index contributed by atoms with van der Waals surface area (Å²) in [6.07, 6.45) is 1.60. The molecule has 0 unspecified atom stereocenters. The number of aromatic nitrogens is 3. The van der Waals surface area contributed by atoms with Crippen molar-refractivity contribution in [2.24, 2.45) is 0 Å². The fourth-order valence-corrected chi connectivity index (χ4v) is 0.985. The molecule has 5 heteroatoms. The number of hydrogen-bond acceptors (Lipinski definition) is 4. The Morgan fingerprint density at radius 2 is 2.09 bits per heavy atom. The Labute approximate surface area is 62.4 Å². The average Bonchev–Trinajstić information content (AvgIpc) is 2.35. The molecule has 0 bridgehead atoms. The zero-order chi connectivity index (χ0) is 7.84. The summed E-state index contributed by atoms with van der Waals surface area (Å²) in [5.41, 5.74) is 11.8. The quantitative estimate of drug-likeness (QED) is 0.496. The van der Waals surface area contributed by atoms with Crippen molar-refractivity contribution < 1.29 is 0 Å². The van der Waals surface area contributed by atoms with Gasteiger partial charge < -0.3 is 11.5 Å². The highest BCUT2D eigenvalue weighted by molar-refractivity contribution is 5.94. The van der Waals surface area contributed by atoms with Crippen LogP contribution in [0.5, 0.6) is 0 Å². The Hall–Kier alpha value is -1.78. The van der Waals surface area contributed by atoms with Crippen molar-refractivity contribution in [1.82, 2.24) is 15.2 Å². The first-order valence-corrected chi connectivity index (χ1v) is 3.13. The van der Waals surface area contributed by atoms with E-state index in [-0.39, 0.29) is 0 Å². The summed E-state index contributed by atoms with van der Waals surface area (Å²) in [6.45, 7) is 0. The van der Waals surface area contributed by atoms with E-state index < -0.39 is 0 Å². The van der Waals surface area contributed by atoms with Gasteiger partial charge in [-0.25, -0.2) is 4.98 Å². The van der Waals surface area contributed by atoms with Crippen LogP contribution >= 0.6 is 0 Å². The molecular formula is C6H7N5. The smallest absolute Gasteiger partial charge is 0.153 e. The normalized spacial score (nSPS) is 10.5. The lowest BCUT2D eigenvalue weighted by atomic mass is 10.3. The van der Waals surface area contributed by atoms with E-state index in [1.807, 2.05) is 0 Å². The number of fused-ring (bicyclic) bond motifs is 1. The zero-order valence-corrected chi connectivity index (χ0v) is 5.70. The van der Waals surface area contributed by atoms with Gasteiger partial charge in [0.15, 0.2) is 5.82 Å². The predicted octanol–water partition coefficient (Wildman–Crippen LogP) is 0.122. The number of aromatic amines is 1. The largest absolute Gasteiger partial charge is 0.382 e. The van der Waals surface area contributed by atoms with Gasteiger partial charge in [0, 0.05) is 11.6 Å². The lowest BCUT2D eigenvalue weighted by Crippen LogP contribution is -1.90. The van der Waals surface area contributed by atoms with E-state index in [4.69, 9.17) is 11.5 Å². The number of pyridine rings is 1. The second kappa shape index (κ2) is 1.85. The van der Waals surface area contributed by atoms with Crippen LogP contribution in [-0.2, 0) is 0 Å². The Balaban J connectivity index is 2.94. The molecule has 0 spiro atoms. The third kappa shape index (κ3) is 0.706. The van der Waals surface area contributed by atoms with Crippen LogP contribution in [0.2, 0.25) is 0 Å². The minimum Gasteiger partial charge on any atom is -0.382 e. The van der Waals surface area contributed by atoms with Gasteiger partial charge >= 0.3 is 0 Å². The van der Waals surface area contributed by atoms with E-state index in [0.29, 0.717) is 17.2 Å². The summed E-state index contributed by atoms with van der Waals surface area (Å²) in [4.78, 5) is 3.87. The number of anilines is 2. The molecule has 0 radical (unpaired) electrons. The number of hydrogen-bond donors (Lipinski definition) is 3. The van der Waals surface area contributed by atoms with Crippen LogP contribution in [0.1, 0.15) is 0 Å². The van der Waals surface area contributed by atoms with Gasteiger partial charge in [0.25, 0.3) is 0 Å². The summed E-state index contributed by atoms with van der Waals surface area (Å²) in [6, 6.07) is 1.77. The standard InChI is InChI=1S/C6H7N5/c7-5-3-1-2-9-6(8)4(3)10-11-5/h1-2H,(H2,8,9)(H3,7,10,11). The maximum absolute atomic E-state index is 5.53. The van der Waals surface area contributed by atoms with Crippen molar-refractivity contribution in [3.05, 3.63) is 12.3 Å². The molecule has 0 aliphatic rings. The van der Waals surface area contributed by atoms with Crippen molar-refractivity contribution in [3.8, 4) is 0 Å². The molecule has 2 heterocycles. The second-order valence-electron chi connectivity index (χ2n) is 2.23. The number of nitrogen functional groups attached to an aromatic ring is 2. The van der Waals surface area contributed by atoms with E-state index >= 15 is 0 Å². The van der Waals surface area contributed by atoms with Crippen LogP contribution in [0, 0.1) is 0 Å². The molecule has 2 rings (SSSR count). The summed E-state index contributed by atoms with van der Waals surface area (Å²) >= 11 is 0. The molecule has 2 aromatic rings. The predicted molar refractivity (Wildman–Crippen MR) is 42.7 cm³/mol. The molecule has 2 aromatic heterocycles. The van der Waals surface area contributed by atoms with E-state index in [2.05, 4.69) is 15.2 Å². The van der Waals surface area contributed by atoms with E-state index in [0.717, 1.165) is 5.39 Å². The topological polar surface area (TPSA) is 93.6 Å². The fraction of sp³-hybridized carbons (Fsp3) is 0. The van der Waals surface area contributed by atoms with Crippen molar-refractivity contribution in [3.63, 3.8) is 0 Å². The summed E-state index contributed by atoms with van der Waals surface area (Å²) in [5, 5.41) is 7.30. The molecule has 0 aromatic carbocycles. The van der Waals surface area contributed by atoms with Gasteiger partial charge in [0.1, 0.15) is 11.3 Å². The Morgan fingerprint density at radius 1 is 1.27 bits per heavy atom. The first-order valence-electron chi connectivity index (χ1n) is 3.13. The molecule has 0 saturated carbocycles. The summed E-state index contributed by atoms with van der Waals surface area (Å²) < 4.78 is 0. The van der Waals surface area contributed by atoms with Crippen LogP contribution in [-0.4, -0.2) is 15.2 Å². The lowest BCUT2D eigenvalue weighted by molar-refractivity contribution is 1.12. The maximum atomic E-state index is 5.53. The van der Waals surface area contributed by atoms with Crippen LogP contribution in [0.4, 0.5) is 11.6 Å². The maximum Gasteiger partial charge on any atom is 0.153 e. The molecular weight excluding hydrogens is 142 g/mol. The highest BCUT2D eigenvalue weighted by Crippen LogP contribution is 2.19. The van der Waals surface area contributed by atoms with Crippen molar-refractivity contribution in [2.45, 2.75) is 0 Å². The molecule has 0 aliphatic heterocycles. The number of nitrogens with zero attached hydrogens (tertiary/aromatic N) is 2. The lowest BCUT2D eigenvalue weighted by Gasteiger charge is -1.91. The van der Waals surface area contributed by atoms with E-state index in [1.165, 1.54) is 0 Å². The summed E-state index contributed by atoms with van der Waals surface area (Å²) in [5.74, 6) is 0.876. The van der Waals surface area contributed by atoms with Crippen molar-refractivity contribution in [1.29, 1.82) is 0 Å². The van der Waals surface area contributed by atoms with Crippen molar-refractivity contribution >= 4 is 22.5 Å². The van der Waals surface area contributed by atoms with Gasteiger partial charge in [0.2, 0.25) is 0 Å². The Morgan fingerprint density at radius 3 is 2.82 bits per heavy atom. The van der Waals surface area contributed by atoms with Gasteiger partial charge in [-0.3, -0.25) is 5.10 Å². The van der Waals surface area contributed by atoms with Gasteiger partial charge in [-0.1, -0.05) is 0 Å². The highest BCUT2D eigenvalue weighted by atomic mass is 15.2. The number of nitrogens with one attached hydrogen (secondary N) is 1. The van der Waals surface area contributed by atoms with Crippen molar-refractivity contribution in [2.75, 3.05) is 11.5 Å². The van der Waals surface area contributed by atoms with Crippen LogP contribution in [0.15, 0.2) is 12.3 Å². The minimum absolute atomic E-state index is 0.423. The van der Waals surface area contributed by atoms with E-state index in [9.17, 15) is 0 Å². The van der Waals surface area contributed by atoms with Gasteiger partial charge in [-0.15, -0.1) is 0 Å². The summed E-state index contributed by atoms with van der Waals surface area (Å²) in [7, 11) is 0. The monoisotopic (exact) mass is 149 g/mol.